The van der Waals surface area contributed by atoms with Crippen molar-refractivity contribution >= 4 is 23.5 Å². The van der Waals surface area contributed by atoms with Crippen molar-refractivity contribution in [1.82, 2.24) is 15.0 Å². The molecule has 4 N–H and O–H groups in total. The first-order chi connectivity index (χ1) is 12.8. The second-order valence-electron chi connectivity index (χ2n) is 5.52. The van der Waals surface area contributed by atoms with Crippen LogP contribution in [0.15, 0.2) is 48.5 Å². The second-order valence-corrected chi connectivity index (χ2v) is 5.52. The van der Waals surface area contributed by atoms with Crippen molar-refractivity contribution in [3.63, 3.8) is 0 Å². The van der Waals surface area contributed by atoms with Gasteiger partial charge >= 0.3 is 6.18 Å². The highest BCUT2D eigenvalue weighted by Crippen LogP contribution is 2.31. The number of hydrogen-bond donors (Lipinski definition) is 3. The smallest absolute Gasteiger partial charge is 0.368 e. The van der Waals surface area contributed by atoms with E-state index in [1.807, 2.05) is 0 Å². The molecule has 6 nitrogen and oxygen atoms in total. The molecule has 2 aromatic carbocycles. The van der Waals surface area contributed by atoms with Crippen molar-refractivity contribution in [3.8, 4) is 0 Å². The molecular weight excluding hydrogens is 364 g/mol. The molecule has 10 heteroatoms. The number of aromatic nitrogens is 3. The molecule has 0 aliphatic heterocycles. The topological polar surface area (TPSA) is 88.8 Å². The predicted molar refractivity (Wildman–Crippen MR) is 92.7 cm³/mol. The number of nitrogens with zero attached hydrogens (tertiary/aromatic N) is 3. The van der Waals surface area contributed by atoms with E-state index >= 15 is 0 Å². The van der Waals surface area contributed by atoms with Crippen LogP contribution in [0.25, 0.3) is 0 Å². The largest absolute Gasteiger partial charge is 0.416 e. The van der Waals surface area contributed by atoms with Gasteiger partial charge in [-0.1, -0.05) is 18.2 Å². The summed E-state index contributed by atoms with van der Waals surface area (Å²) in [6.07, 6.45) is -4.46. The van der Waals surface area contributed by atoms with E-state index in [0.717, 1.165) is 17.7 Å². The Morgan fingerprint density at radius 1 is 0.926 bits per heavy atom. The Labute approximate surface area is 151 Å². The summed E-state index contributed by atoms with van der Waals surface area (Å²) in [4.78, 5) is 11.9. The Balaban J connectivity index is 1.74. The van der Waals surface area contributed by atoms with Crippen LogP contribution in [0.4, 0.5) is 41.1 Å². The minimum absolute atomic E-state index is 0.0107. The van der Waals surface area contributed by atoms with Gasteiger partial charge in [0.1, 0.15) is 5.82 Å². The molecule has 0 bridgehead atoms. The molecule has 3 aromatic rings. The Kier molecular flexibility index (Phi) is 5.06. The minimum Gasteiger partial charge on any atom is -0.368 e. The van der Waals surface area contributed by atoms with E-state index in [0.29, 0.717) is 6.54 Å². The molecule has 0 fully saturated rings. The van der Waals surface area contributed by atoms with Crippen LogP contribution < -0.4 is 16.4 Å². The molecule has 140 valence electrons. The molecule has 0 saturated carbocycles. The number of halogens is 4. The number of benzene rings is 2. The number of nitrogen functional groups attached to an aromatic ring is 1. The van der Waals surface area contributed by atoms with E-state index in [2.05, 4.69) is 25.6 Å². The molecular formula is C17H14F4N6. The highest BCUT2D eigenvalue weighted by atomic mass is 19.4. The van der Waals surface area contributed by atoms with E-state index in [-0.39, 0.29) is 29.3 Å². The third kappa shape index (κ3) is 5.03. The second kappa shape index (κ2) is 7.44. The number of nitrogens with two attached hydrogens (primary N) is 1. The van der Waals surface area contributed by atoms with Crippen LogP contribution >= 0.6 is 0 Å². The summed E-state index contributed by atoms with van der Waals surface area (Å²) in [6, 6.07) is 10.4. The summed E-state index contributed by atoms with van der Waals surface area (Å²) >= 11 is 0. The van der Waals surface area contributed by atoms with E-state index in [1.165, 1.54) is 24.3 Å². The van der Waals surface area contributed by atoms with Gasteiger partial charge in [0.15, 0.2) is 0 Å². The summed E-state index contributed by atoms with van der Waals surface area (Å²) < 4.78 is 51.3. The van der Waals surface area contributed by atoms with Crippen molar-refractivity contribution < 1.29 is 17.6 Å². The van der Waals surface area contributed by atoms with Crippen molar-refractivity contribution in [2.75, 3.05) is 16.4 Å². The van der Waals surface area contributed by atoms with Gasteiger partial charge in [-0.25, -0.2) is 4.39 Å². The lowest BCUT2D eigenvalue weighted by Gasteiger charge is -2.11. The lowest BCUT2D eigenvalue weighted by molar-refractivity contribution is -0.137. The Morgan fingerprint density at radius 3 is 2.33 bits per heavy atom. The summed E-state index contributed by atoms with van der Waals surface area (Å²) in [7, 11) is 0. The van der Waals surface area contributed by atoms with Crippen LogP contribution in [0.5, 0.6) is 0 Å². The normalized spacial score (nSPS) is 11.3. The first-order valence-electron chi connectivity index (χ1n) is 7.74. The fourth-order valence-electron chi connectivity index (χ4n) is 2.21. The van der Waals surface area contributed by atoms with Crippen molar-refractivity contribution in [1.29, 1.82) is 0 Å². The number of anilines is 4. The van der Waals surface area contributed by atoms with E-state index in [1.54, 1.807) is 12.1 Å². The summed E-state index contributed by atoms with van der Waals surface area (Å²) in [5.74, 6) is -0.346. The van der Waals surface area contributed by atoms with Crippen LogP contribution in [-0.2, 0) is 12.7 Å². The lowest BCUT2D eigenvalue weighted by atomic mass is 10.2. The van der Waals surface area contributed by atoms with Gasteiger partial charge in [0, 0.05) is 12.2 Å². The lowest BCUT2D eigenvalue weighted by Crippen LogP contribution is -2.10. The first-order valence-corrected chi connectivity index (χ1v) is 7.74. The fraction of sp³-hybridized carbons (Fsp3) is 0.118. The molecule has 0 atom stereocenters. The van der Waals surface area contributed by atoms with Gasteiger partial charge in [0.05, 0.1) is 5.56 Å². The van der Waals surface area contributed by atoms with E-state index in [4.69, 9.17) is 5.73 Å². The van der Waals surface area contributed by atoms with Crippen molar-refractivity contribution in [2.45, 2.75) is 12.7 Å². The molecule has 0 unspecified atom stereocenters. The van der Waals surface area contributed by atoms with Gasteiger partial charge in [-0.05, 0) is 35.9 Å². The molecule has 0 radical (unpaired) electrons. The number of hydrogen-bond acceptors (Lipinski definition) is 6. The molecule has 0 aliphatic carbocycles. The zero-order chi connectivity index (χ0) is 19.4. The molecule has 1 aromatic heterocycles. The highest BCUT2D eigenvalue weighted by molar-refractivity contribution is 5.56. The SMILES string of the molecule is Nc1nc(NCc2ccc(F)cc2)nc(Nc2cccc(C(F)(F)F)c2)n1. The zero-order valence-electron chi connectivity index (χ0n) is 13.8. The standard InChI is InChI=1S/C17H14F4N6/c18-12-6-4-10(5-7-12)9-23-15-25-14(22)26-16(27-15)24-13-3-1-2-11(8-13)17(19,20)21/h1-8H,9H2,(H4,22,23,24,25,26,27). The number of nitrogens with one attached hydrogen (secondary N) is 2. The highest BCUT2D eigenvalue weighted by Gasteiger charge is 2.30. The maximum absolute atomic E-state index is 12.9. The van der Waals surface area contributed by atoms with Crippen molar-refractivity contribution in [2.24, 2.45) is 0 Å². The third-order valence-corrected chi connectivity index (χ3v) is 3.46. The van der Waals surface area contributed by atoms with Crippen LogP contribution in [0, 0.1) is 5.82 Å². The van der Waals surface area contributed by atoms with E-state index in [9.17, 15) is 17.6 Å². The molecule has 3 rings (SSSR count). The van der Waals surface area contributed by atoms with Gasteiger partial charge in [0.25, 0.3) is 0 Å². The summed E-state index contributed by atoms with van der Waals surface area (Å²) in [5.41, 5.74) is 5.76. The minimum atomic E-state index is -4.46. The van der Waals surface area contributed by atoms with Gasteiger partial charge < -0.3 is 16.4 Å². The quantitative estimate of drug-likeness (QED) is 0.582. The average Bonchev–Trinajstić information content (AvgIpc) is 2.60. The Hall–Kier alpha value is -3.43. The van der Waals surface area contributed by atoms with Crippen LogP contribution in [-0.4, -0.2) is 15.0 Å². The summed E-state index contributed by atoms with van der Waals surface area (Å²) in [6.45, 7) is 0.298. The molecule has 0 saturated heterocycles. The Bertz CT molecular complexity index is 927. The average molecular weight is 378 g/mol. The van der Waals surface area contributed by atoms with Crippen molar-refractivity contribution in [3.05, 3.63) is 65.5 Å². The molecule has 0 spiro atoms. The molecule has 0 amide bonds. The monoisotopic (exact) mass is 378 g/mol. The van der Waals surface area contributed by atoms with Crippen LogP contribution in [0.1, 0.15) is 11.1 Å². The fourth-order valence-corrected chi connectivity index (χ4v) is 2.21. The van der Waals surface area contributed by atoms with Gasteiger partial charge in [-0.2, -0.15) is 28.1 Å². The maximum Gasteiger partial charge on any atom is 0.416 e. The predicted octanol–water partition coefficient (Wildman–Crippen LogP) is 3.97. The maximum atomic E-state index is 12.9. The van der Waals surface area contributed by atoms with Gasteiger partial charge in [0.2, 0.25) is 17.8 Å². The number of rotatable bonds is 5. The van der Waals surface area contributed by atoms with Gasteiger partial charge in [-0.3, -0.25) is 0 Å². The summed E-state index contributed by atoms with van der Waals surface area (Å²) in [5, 5.41) is 5.57. The molecule has 0 aliphatic rings. The third-order valence-electron chi connectivity index (χ3n) is 3.46. The number of alkyl halides is 3. The van der Waals surface area contributed by atoms with Gasteiger partial charge in [-0.15, -0.1) is 0 Å². The molecule has 27 heavy (non-hydrogen) atoms. The zero-order valence-corrected chi connectivity index (χ0v) is 13.8. The first kappa shape index (κ1) is 18.4. The van der Waals surface area contributed by atoms with Crippen LogP contribution in [0.3, 0.4) is 0 Å². The Morgan fingerprint density at radius 2 is 1.63 bits per heavy atom. The molecule has 1 heterocycles. The van der Waals surface area contributed by atoms with E-state index < -0.39 is 11.7 Å². The van der Waals surface area contributed by atoms with Crippen LogP contribution in [0.2, 0.25) is 0 Å².